The molecule has 4 aliphatic carbocycles. The summed E-state index contributed by atoms with van der Waals surface area (Å²) in [5.74, 6) is 3.61. The van der Waals surface area contributed by atoms with Crippen molar-refractivity contribution in [2.24, 2.45) is 40.4 Å². The van der Waals surface area contributed by atoms with Gasteiger partial charge < -0.3 is 10.2 Å². The van der Waals surface area contributed by atoms with Gasteiger partial charge in [0.25, 0.3) is 0 Å². The quantitative estimate of drug-likeness (QED) is 0.533. The van der Waals surface area contributed by atoms with E-state index in [1.54, 1.807) is 5.57 Å². The second kappa shape index (κ2) is 8.15. The lowest BCUT2D eigenvalue weighted by Gasteiger charge is -2.58. The Labute approximate surface area is 178 Å². The summed E-state index contributed by atoms with van der Waals surface area (Å²) < 4.78 is 0. The molecule has 0 aliphatic heterocycles. The smallest absolute Gasteiger partial charge is 0.0577 e. The highest BCUT2D eigenvalue weighted by Gasteiger charge is 2.59. The van der Waals surface area contributed by atoms with Crippen LogP contribution in [0.2, 0.25) is 0 Å². The second-order valence-electron chi connectivity index (χ2n) is 11.7. The van der Waals surface area contributed by atoms with Crippen LogP contribution in [0.4, 0.5) is 0 Å². The van der Waals surface area contributed by atoms with E-state index in [0.29, 0.717) is 29.3 Å². The molecular formula is C27H44O2. The molecule has 8 atom stereocenters. The first-order valence-corrected chi connectivity index (χ1v) is 12.4. The summed E-state index contributed by atoms with van der Waals surface area (Å²) in [6.45, 7) is 9.82. The normalized spacial score (nSPS) is 44.9. The Hall–Kier alpha value is -0.600. The Balaban J connectivity index is 1.53. The number of aliphatic hydroxyl groups is 2. The molecule has 0 bridgehead atoms. The first kappa shape index (κ1) is 21.6. The van der Waals surface area contributed by atoms with Crippen molar-refractivity contribution in [1.82, 2.24) is 0 Å². The molecule has 0 aromatic heterocycles. The molecule has 2 N–H and O–H groups in total. The van der Waals surface area contributed by atoms with Crippen molar-refractivity contribution in [3.63, 3.8) is 0 Å². The van der Waals surface area contributed by atoms with Crippen molar-refractivity contribution in [2.45, 2.75) is 98.0 Å². The molecule has 0 heterocycles. The fourth-order valence-electron chi connectivity index (χ4n) is 8.46. The topological polar surface area (TPSA) is 40.5 Å². The molecule has 2 nitrogen and oxygen atoms in total. The molecule has 2 heteroatoms. The predicted octanol–water partition coefficient (Wildman–Crippen LogP) is 6.28. The minimum atomic E-state index is -0.110. The molecule has 1 unspecified atom stereocenters. The zero-order valence-electron chi connectivity index (χ0n) is 19.3. The fraction of sp³-hybridized carbons (Fsp3) is 0.852. The summed E-state index contributed by atoms with van der Waals surface area (Å²) in [5.41, 5.74) is 3.72. The average molecular weight is 401 g/mol. The van der Waals surface area contributed by atoms with Crippen LogP contribution in [0.5, 0.6) is 0 Å². The number of allylic oxidation sites excluding steroid dienone is 3. The molecule has 0 spiro atoms. The second-order valence-corrected chi connectivity index (χ2v) is 11.7. The Morgan fingerprint density at radius 3 is 2.66 bits per heavy atom. The molecule has 4 aliphatic rings. The van der Waals surface area contributed by atoms with E-state index in [1.807, 2.05) is 0 Å². The van der Waals surface area contributed by atoms with E-state index in [9.17, 15) is 10.2 Å². The van der Waals surface area contributed by atoms with Gasteiger partial charge in [0.1, 0.15) is 0 Å². The van der Waals surface area contributed by atoms with E-state index in [2.05, 4.69) is 39.8 Å². The SMILES string of the molecule is CC(C)=CCC[C@@H](CO)[C@H]1CC[C@H]2[C@@H]3CC=C4CC(O)CC[C@]4(C)[C@H]3CC[C@]12C. The van der Waals surface area contributed by atoms with Crippen LogP contribution in [-0.2, 0) is 0 Å². The fourth-order valence-corrected chi connectivity index (χ4v) is 8.46. The van der Waals surface area contributed by atoms with Gasteiger partial charge in [-0.1, -0.05) is 37.1 Å². The summed E-state index contributed by atoms with van der Waals surface area (Å²) in [6.07, 6.45) is 16.7. The van der Waals surface area contributed by atoms with E-state index in [-0.39, 0.29) is 6.10 Å². The first-order chi connectivity index (χ1) is 13.8. The summed E-state index contributed by atoms with van der Waals surface area (Å²) in [7, 11) is 0. The number of aliphatic hydroxyl groups excluding tert-OH is 2. The Morgan fingerprint density at radius 1 is 1.14 bits per heavy atom. The largest absolute Gasteiger partial charge is 0.396 e. The molecular weight excluding hydrogens is 356 g/mol. The van der Waals surface area contributed by atoms with Crippen molar-refractivity contribution < 1.29 is 10.2 Å². The number of fused-ring (bicyclic) bond motifs is 5. The molecule has 0 aromatic rings. The third-order valence-corrected chi connectivity index (χ3v) is 10.0. The van der Waals surface area contributed by atoms with Crippen LogP contribution in [0, 0.1) is 40.4 Å². The monoisotopic (exact) mass is 400 g/mol. The number of rotatable bonds is 5. The minimum Gasteiger partial charge on any atom is -0.396 e. The van der Waals surface area contributed by atoms with Crippen LogP contribution in [0.1, 0.15) is 91.9 Å². The molecule has 0 aromatic carbocycles. The van der Waals surface area contributed by atoms with Gasteiger partial charge in [0.2, 0.25) is 0 Å². The Kier molecular flexibility index (Phi) is 6.08. The molecule has 3 fully saturated rings. The molecule has 164 valence electrons. The zero-order chi connectivity index (χ0) is 20.8. The van der Waals surface area contributed by atoms with Gasteiger partial charge in [-0.3, -0.25) is 0 Å². The predicted molar refractivity (Wildman–Crippen MR) is 120 cm³/mol. The van der Waals surface area contributed by atoms with E-state index in [1.165, 1.54) is 44.1 Å². The lowest BCUT2D eigenvalue weighted by molar-refractivity contribution is -0.0620. The molecule has 0 amide bonds. The Morgan fingerprint density at radius 2 is 1.93 bits per heavy atom. The molecule has 0 radical (unpaired) electrons. The van der Waals surface area contributed by atoms with Gasteiger partial charge in [0, 0.05) is 6.61 Å². The Bertz CT molecular complexity index is 659. The lowest BCUT2D eigenvalue weighted by atomic mass is 9.47. The maximum absolute atomic E-state index is 10.3. The van der Waals surface area contributed by atoms with Crippen LogP contribution in [0.3, 0.4) is 0 Å². The van der Waals surface area contributed by atoms with Crippen molar-refractivity contribution in [1.29, 1.82) is 0 Å². The third kappa shape index (κ3) is 3.67. The van der Waals surface area contributed by atoms with E-state index >= 15 is 0 Å². The van der Waals surface area contributed by atoms with Crippen molar-refractivity contribution >= 4 is 0 Å². The van der Waals surface area contributed by atoms with Crippen LogP contribution in [0.15, 0.2) is 23.3 Å². The summed E-state index contributed by atoms with van der Waals surface area (Å²) in [6, 6.07) is 0. The van der Waals surface area contributed by atoms with Gasteiger partial charge in [-0.15, -0.1) is 0 Å². The van der Waals surface area contributed by atoms with Gasteiger partial charge in [-0.05, 0) is 118 Å². The van der Waals surface area contributed by atoms with Crippen LogP contribution in [-0.4, -0.2) is 22.9 Å². The van der Waals surface area contributed by atoms with Crippen LogP contribution >= 0.6 is 0 Å². The van der Waals surface area contributed by atoms with E-state index in [0.717, 1.165) is 43.4 Å². The van der Waals surface area contributed by atoms with Gasteiger partial charge >= 0.3 is 0 Å². The highest BCUT2D eigenvalue weighted by Crippen LogP contribution is 2.67. The van der Waals surface area contributed by atoms with Gasteiger partial charge in [0.15, 0.2) is 0 Å². The van der Waals surface area contributed by atoms with Crippen LogP contribution in [0.25, 0.3) is 0 Å². The lowest BCUT2D eigenvalue weighted by Crippen LogP contribution is -2.51. The summed E-state index contributed by atoms with van der Waals surface area (Å²) in [4.78, 5) is 0. The van der Waals surface area contributed by atoms with E-state index < -0.39 is 0 Å². The highest BCUT2D eigenvalue weighted by molar-refractivity contribution is 5.25. The van der Waals surface area contributed by atoms with Gasteiger partial charge in [0.05, 0.1) is 6.10 Å². The van der Waals surface area contributed by atoms with Crippen LogP contribution < -0.4 is 0 Å². The zero-order valence-corrected chi connectivity index (χ0v) is 19.3. The first-order valence-electron chi connectivity index (χ1n) is 12.4. The molecule has 4 rings (SSSR count). The molecule has 0 saturated heterocycles. The maximum atomic E-state index is 10.3. The third-order valence-electron chi connectivity index (χ3n) is 10.0. The average Bonchev–Trinajstić information content (AvgIpc) is 3.03. The standard InChI is InChI=1S/C27H44O2/c1-18(2)6-5-7-19(17-28)23-10-11-24-22-9-8-20-16-21(29)12-14-26(20,3)25(22)13-15-27(23,24)4/h6,8,19,21-25,28-29H,5,7,9-17H2,1-4H3/t19-,21?,22-,23+,24-,25-,26-,27+/m0/s1. The maximum Gasteiger partial charge on any atom is 0.0577 e. The molecule has 29 heavy (non-hydrogen) atoms. The summed E-state index contributed by atoms with van der Waals surface area (Å²) >= 11 is 0. The molecule has 3 saturated carbocycles. The number of hydrogen-bond donors (Lipinski definition) is 2. The van der Waals surface area contributed by atoms with Gasteiger partial charge in [-0.2, -0.15) is 0 Å². The highest BCUT2D eigenvalue weighted by atomic mass is 16.3. The van der Waals surface area contributed by atoms with Gasteiger partial charge in [-0.25, -0.2) is 0 Å². The summed E-state index contributed by atoms with van der Waals surface area (Å²) in [5, 5.41) is 20.5. The van der Waals surface area contributed by atoms with Crippen molar-refractivity contribution in [3.05, 3.63) is 23.3 Å². The minimum absolute atomic E-state index is 0.110. The van der Waals surface area contributed by atoms with E-state index in [4.69, 9.17) is 0 Å². The van der Waals surface area contributed by atoms with Crippen molar-refractivity contribution in [2.75, 3.05) is 6.61 Å². The number of hydrogen-bond acceptors (Lipinski definition) is 2. The van der Waals surface area contributed by atoms with Crippen molar-refractivity contribution in [3.8, 4) is 0 Å².